The van der Waals surface area contributed by atoms with E-state index in [1.807, 2.05) is 6.92 Å². The summed E-state index contributed by atoms with van der Waals surface area (Å²) in [6.07, 6.45) is 0.0594. The van der Waals surface area contributed by atoms with Crippen molar-refractivity contribution < 1.29 is 9.59 Å². The summed E-state index contributed by atoms with van der Waals surface area (Å²) in [5.74, 6) is -0.439. The van der Waals surface area contributed by atoms with Crippen LogP contribution in [0, 0.1) is 0 Å². The number of halogens is 2. The van der Waals surface area contributed by atoms with Crippen LogP contribution in [0.25, 0.3) is 0 Å². The van der Waals surface area contributed by atoms with Crippen molar-refractivity contribution in [3.05, 3.63) is 63.6 Å². The third-order valence-corrected chi connectivity index (χ3v) is 3.85. The van der Waals surface area contributed by atoms with Gasteiger partial charge in [0.05, 0.1) is 6.42 Å². The van der Waals surface area contributed by atoms with Gasteiger partial charge in [0.15, 0.2) is 0 Å². The summed E-state index contributed by atoms with van der Waals surface area (Å²) in [7, 11) is 0. The Morgan fingerprint density at radius 3 is 2.35 bits per heavy atom. The molecule has 2 aromatic rings. The number of hydrogen-bond acceptors (Lipinski definition) is 2. The van der Waals surface area contributed by atoms with Crippen LogP contribution in [-0.4, -0.2) is 18.4 Å². The molecule has 0 saturated heterocycles. The van der Waals surface area contributed by atoms with Gasteiger partial charge in [-0.2, -0.15) is 0 Å². The molecule has 0 bridgehead atoms. The lowest BCUT2D eigenvalue weighted by atomic mass is 10.1. The number of rotatable bonds is 5. The van der Waals surface area contributed by atoms with Gasteiger partial charge < -0.3 is 10.6 Å². The van der Waals surface area contributed by atoms with Gasteiger partial charge in [-0.25, -0.2) is 0 Å². The molecule has 4 nitrogen and oxygen atoms in total. The Labute approximate surface area is 144 Å². The minimum Gasteiger partial charge on any atom is -0.352 e. The summed E-state index contributed by atoms with van der Waals surface area (Å²) >= 11 is 12.1. The van der Waals surface area contributed by atoms with E-state index in [4.69, 9.17) is 23.2 Å². The van der Waals surface area contributed by atoms with Crippen molar-refractivity contribution in [1.82, 2.24) is 5.32 Å². The second-order valence-electron chi connectivity index (χ2n) is 4.87. The van der Waals surface area contributed by atoms with E-state index in [1.54, 1.807) is 42.5 Å². The molecule has 0 fully saturated rings. The standard InChI is InChI=1S/C17H16Cl2N2O2/c1-2-20-17(23)11-5-3-6-12(9-11)21-16(22)10-13-14(18)7-4-8-15(13)19/h3-9H,2,10H2,1H3,(H,20,23)(H,21,22). The fraction of sp³-hybridized carbons (Fsp3) is 0.176. The maximum atomic E-state index is 12.2. The Bertz CT molecular complexity index is 712. The first-order valence-corrected chi connectivity index (χ1v) is 7.88. The molecule has 0 unspecified atom stereocenters. The molecule has 0 atom stereocenters. The van der Waals surface area contributed by atoms with Gasteiger partial charge in [-0.1, -0.05) is 35.3 Å². The van der Waals surface area contributed by atoms with Crippen LogP contribution in [0.2, 0.25) is 10.0 Å². The van der Waals surface area contributed by atoms with E-state index in [9.17, 15) is 9.59 Å². The third-order valence-electron chi connectivity index (χ3n) is 3.14. The fourth-order valence-electron chi connectivity index (χ4n) is 2.07. The average molecular weight is 351 g/mol. The lowest BCUT2D eigenvalue weighted by Gasteiger charge is -2.09. The summed E-state index contributed by atoms with van der Waals surface area (Å²) in [5.41, 5.74) is 1.61. The Kier molecular flexibility index (Phi) is 6.02. The van der Waals surface area contributed by atoms with Crippen LogP contribution >= 0.6 is 23.2 Å². The molecule has 120 valence electrons. The van der Waals surface area contributed by atoms with Crippen molar-refractivity contribution in [1.29, 1.82) is 0 Å². The van der Waals surface area contributed by atoms with Crippen LogP contribution < -0.4 is 10.6 Å². The maximum absolute atomic E-state index is 12.2. The minimum atomic E-state index is -0.256. The molecule has 0 aromatic heterocycles. The van der Waals surface area contributed by atoms with Crippen molar-refractivity contribution in [3.8, 4) is 0 Å². The Balaban J connectivity index is 2.09. The Morgan fingerprint density at radius 1 is 1.04 bits per heavy atom. The van der Waals surface area contributed by atoms with Crippen LogP contribution in [0.15, 0.2) is 42.5 Å². The zero-order valence-corrected chi connectivity index (χ0v) is 14.0. The summed E-state index contributed by atoms with van der Waals surface area (Å²) in [6, 6.07) is 11.8. The van der Waals surface area contributed by atoms with Gasteiger partial charge in [0.1, 0.15) is 0 Å². The minimum absolute atomic E-state index is 0.0594. The summed E-state index contributed by atoms with van der Waals surface area (Å²) in [6.45, 7) is 2.39. The number of amides is 2. The highest BCUT2D eigenvalue weighted by Gasteiger charge is 2.12. The predicted molar refractivity (Wildman–Crippen MR) is 93.2 cm³/mol. The van der Waals surface area contributed by atoms with E-state index in [-0.39, 0.29) is 18.2 Å². The van der Waals surface area contributed by atoms with Crippen LogP contribution in [0.1, 0.15) is 22.8 Å². The van der Waals surface area contributed by atoms with Crippen molar-refractivity contribution in [2.24, 2.45) is 0 Å². The number of carbonyl (C=O) groups excluding carboxylic acids is 2. The second-order valence-corrected chi connectivity index (χ2v) is 5.68. The van der Waals surface area contributed by atoms with Crippen molar-refractivity contribution in [2.45, 2.75) is 13.3 Å². The normalized spacial score (nSPS) is 10.2. The molecule has 0 radical (unpaired) electrons. The number of nitrogens with one attached hydrogen (secondary N) is 2. The predicted octanol–water partition coefficient (Wildman–Crippen LogP) is 3.92. The molecule has 2 N–H and O–H groups in total. The number of anilines is 1. The molecule has 2 amide bonds. The average Bonchev–Trinajstić information content (AvgIpc) is 2.51. The highest BCUT2D eigenvalue weighted by molar-refractivity contribution is 6.36. The molecule has 0 aliphatic carbocycles. The van der Waals surface area contributed by atoms with Crippen LogP contribution in [0.4, 0.5) is 5.69 Å². The highest BCUT2D eigenvalue weighted by atomic mass is 35.5. The molecule has 23 heavy (non-hydrogen) atoms. The molecule has 0 heterocycles. The van der Waals surface area contributed by atoms with Gasteiger partial charge in [-0.15, -0.1) is 0 Å². The van der Waals surface area contributed by atoms with Gasteiger partial charge in [0, 0.05) is 27.8 Å². The van der Waals surface area contributed by atoms with Gasteiger partial charge in [-0.3, -0.25) is 9.59 Å². The van der Waals surface area contributed by atoms with Gasteiger partial charge in [0.25, 0.3) is 5.91 Å². The molecule has 0 spiro atoms. The van der Waals surface area contributed by atoms with Gasteiger partial charge >= 0.3 is 0 Å². The Morgan fingerprint density at radius 2 is 1.70 bits per heavy atom. The molecule has 6 heteroatoms. The maximum Gasteiger partial charge on any atom is 0.251 e. The number of benzene rings is 2. The molecule has 0 saturated carbocycles. The van der Waals surface area contributed by atoms with Crippen molar-refractivity contribution >= 4 is 40.7 Å². The molecule has 2 aromatic carbocycles. The topological polar surface area (TPSA) is 58.2 Å². The van der Waals surface area contributed by atoms with E-state index in [1.165, 1.54) is 0 Å². The fourth-order valence-corrected chi connectivity index (χ4v) is 2.60. The monoisotopic (exact) mass is 350 g/mol. The quantitative estimate of drug-likeness (QED) is 0.858. The zero-order valence-electron chi connectivity index (χ0n) is 12.5. The SMILES string of the molecule is CCNC(=O)c1cccc(NC(=O)Cc2c(Cl)cccc2Cl)c1. The molecule has 2 rings (SSSR count). The molecular weight excluding hydrogens is 335 g/mol. The van der Waals surface area contributed by atoms with E-state index >= 15 is 0 Å². The molecule has 0 aliphatic rings. The number of carbonyl (C=O) groups is 2. The summed E-state index contributed by atoms with van der Waals surface area (Å²) < 4.78 is 0. The lowest BCUT2D eigenvalue weighted by molar-refractivity contribution is -0.115. The Hall–Kier alpha value is -2.04. The van der Waals surface area contributed by atoms with Crippen molar-refractivity contribution in [3.63, 3.8) is 0 Å². The van der Waals surface area contributed by atoms with Gasteiger partial charge in [0.2, 0.25) is 5.91 Å². The zero-order chi connectivity index (χ0) is 16.8. The first kappa shape index (κ1) is 17.3. The smallest absolute Gasteiger partial charge is 0.251 e. The first-order valence-electron chi connectivity index (χ1n) is 7.12. The van der Waals surface area contributed by atoms with Crippen molar-refractivity contribution in [2.75, 3.05) is 11.9 Å². The first-order chi connectivity index (χ1) is 11.0. The van der Waals surface area contributed by atoms with E-state index < -0.39 is 0 Å². The molecular formula is C17H16Cl2N2O2. The third kappa shape index (κ3) is 4.71. The van der Waals surface area contributed by atoms with E-state index in [2.05, 4.69) is 10.6 Å². The second kappa shape index (κ2) is 7.99. The van der Waals surface area contributed by atoms with Crippen LogP contribution in [0.3, 0.4) is 0 Å². The lowest BCUT2D eigenvalue weighted by Crippen LogP contribution is -2.23. The van der Waals surface area contributed by atoms with E-state index in [0.717, 1.165) is 0 Å². The summed E-state index contributed by atoms with van der Waals surface area (Å²) in [4.78, 5) is 24.0. The van der Waals surface area contributed by atoms with Crippen LogP contribution in [-0.2, 0) is 11.2 Å². The van der Waals surface area contributed by atoms with Crippen LogP contribution in [0.5, 0.6) is 0 Å². The van der Waals surface area contributed by atoms with E-state index in [0.29, 0.717) is 33.4 Å². The largest absolute Gasteiger partial charge is 0.352 e. The summed E-state index contributed by atoms with van der Waals surface area (Å²) in [5, 5.41) is 6.35. The number of hydrogen-bond donors (Lipinski definition) is 2. The molecule has 0 aliphatic heterocycles. The highest BCUT2D eigenvalue weighted by Crippen LogP contribution is 2.25. The van der Waals surface area contributed by atoms with Gasteiger partial charge in [-0.05, 0) is 42.8 Å².